The molecule has 0 saturated heterocycles. The molecule has 0 N–H and O–H groups in total. The molecular weight excluding hydrogens is 280 g/mol. The van der Waals surface area contributed by atoms with Gasteiger partial charge in [-0.25, -0.2) is 17.6 Å². The molecule has 0 saturated carbocycles. The van der Waals surface area contributed by atoms with Crippen molar-refractivity contribution in [3.8, 4) is 0 Å². The molecule has 0 nitrogen and oxygen atoms in total. The average Bonchev–Trinajstić information content (AvgIpc) is 2.42. The van der Waals surface area contributed by atoms with Crippen molar-refractivity contribution in [1.82, 2.24) is 0 Å². The molecule has 0 spiro atoms. The Hall–Kier alpha value is -1.84. The molecule has 0 atom stereocenters. The smallest absolute Gasteiger partial charge is 0.162 e. The predicted molar refractivity (Wildman–Crippen MR) is 76.4 cm³/mol. The molecule has 0 aromatic heterocycles. The van der Waals surface area contributed by atoms with Crippen LogP contribution in [-0.4, -0.2) is 0 Å². The van der Waals surface area contributed by atoms with Crippen molar-refractivity contribution in [3.05, 3.63) is 69.3 Å². The van der Waals surface area contributed by atoms with Gasteiger partial charge in [-0.05, 0) is 74.6 Å². The van der Waals surface area contributed by atoms with Crippen LogP contribution in [0.2, 0.25) is 0 Å². The lowest BCUT2D eigenvalue weighted by molar-refractivity contribution is 0.496. The number of hydrogen-bond acceptors (Lipinski definition) is 0. The molecule has 0 heterocycles. The fraction of sp³-hybridized carbons (Fsp3) is 0.294. The molecule has 2 aromatic rings. The van der Waals surface area contributed by atoms with Crippen molar-refractivity contribution in [2.75, 3.05) is 0 Å². The van der Waals surface area contributed by atoms with Crippen molar-refractivity contribution in [3.63, 3.8) is 0 Å². The van der Waals surface area contributed by atoms with E-state index in [0.717, 1.165) is 5.56 Å². The summed E-state index contributed by atoms with van der Waals surface area (Å²) in [6, 6.07) is 4.04. The summed E-state index contributed by atoms with van der Waals surface area (Å²) in [6.45, 7) is 7.98. The maximum atomic E-state index is 12.9. The highest BCUT2D eigenvalue weighted by molar-refractivity contribution is 5.32. The highest BCUT2D eigenvalue weighted by atomic mass is 19.2. The summed E-state index contributed by atoms with van der Waals surface area (Å²) >= 11 is 0. The van der Waals surface area contributed by atoms with E-state index in [4.69, 9.17) is 0 Å². The summed E-state index contributed by atoms with van der Waals surface area (Å²) in [5, 5.41) is 0. The van der Waals surface area contributed by atoms with E-state index >= 15 is 0 Å². The van der Waals surface area contributed by atoms with Crippen LogP contribution in [0.3, 0.4) is 0 Å². The lowest BCUT2D eigenvalue weighted by Gasteiger charge is -2.04. The molecule has 0 amide bonds. The van der Waals surface area contributed by atoms with E-state index in [1.54, 1.807) is 26.8 Å². The van der Waals surface area contributed by atoms with Crippen LogP contribution in [0.1, 0.15) is 27.8 Å². The van der Waals surface area contributed by atoms with Crippen LogP contribution in [0.4, 0.5) is 17.6 Å². The second kappa shape index (κ2) is 6.74. The molecule has 21 heavy (non-hydrogen) atoms. The van der Waals surface area contributed by atoms with Crippen molar-refractivity contribution in [2.24, 2.45) is 0 Å². The zero-order valence-electron chi connectivity index (χ0n) is 12.7. The highest BCUT2D eigenvalue weighted by Crippen LogP contribution is 2.18. The van der Waals surface area contributed by atoms with E-state index in [-0.39, 0.29) is 11.6 Å². The molecule has 4 heteroatoms. The minimum absolute atomic E-state index is 0.348. The second-order valence-electron chi connectivity index (χ2n) is 5.11. The second-order valence-corrected chi connectivity index (χ2v) is 5.11. The molecule has 0 aliphatic carbocycles. The Morgan fingerprint density at radius 1 is 0.524 bits per heavy atom. The first-order valence-corrected chi connectivity index (χ1v) is 6.49. The van der Waals surface area contributed by atoms with Gasteiger partial charge in [0.25, 0.3) is 0 Å². The van der Waals surface area contributed by atoms with Gasteiger partial charge in [0.1, 0.15) is 11.6 Å². The Bertz CT molecular complexity index is 584. The molecule has 2 aromatic carbocycles. The largest absolute Gasteiger partial charge is 0.207 e. The zero-order chi connectivity index (χ0) is 16.3. The van der Waals surface area contributed by atoms with Crippen LogP contribution >= 0.6 is 0 Å². The molecule has 0 unspecified atom stereocenters. The van der Waals surface area contributed by atoms with Gasteiger partial charge < -0.3 is 0 Å². The SMILES string of the molecule is Cc1cc(C)c(F)c(F)c1C.Cc1cc(F)c(C)cc1F. The third kappa shape index (κ3) is 4.06. The van der Waals surface area contributed by atoms with E-state index in [9.17, 15) is 17.6 Å². The quantitative estimate of drug-likeness (QED) is 0.566. The summed E-state index contributed by atoms with van der Waals surface area (Å²) in [4.78, 5) is 0. The molecule has 0 aliphatic heterocycles. The lowest BCUT2D eigenvalue weighted by atomic mass is 10.1. The van der Waals surface area contributed by atoms with Crippen molar-refractivity contribution < 1.29 is 17.6 Å². The Balaban J connectivity index is 0.000000211. The summed E-state index contributed by atoms with van der Waals surface area (Å²) in [7, 11) is 0. The fourth-order valence-electron chi connectivity index (χ4n) is 1.75. The molecule has 114 valence electrons. The number of aryl methyl sites for hydroxylation is 4. The van der Waals surface area contributed by atoms with Gasteiger partial charge in [0.05, 0.1) is 0 Å². The first-order chi connectivity index (χ1) is 9.65. The monoisotopic (exact) mass is 298 g/mol. The maximum absolute atomic E-state index is 12.9. The third-order valence-electron chi connectivity index (χ3n) is 3.33. The molecule has 2 rings (SSSR count). The van der Waals surface area contributed by atoms with Crippen LogP contribution in [0.5, 0.6) is 0 Å². The number of benzene rings is 2. The van der Waals surface area contributed by atoms with Crippen molar-refractivity contribution in [2.45, 2.75) is 34.6 Å². The summed E-state index contributed by atoms with van der Waals surface area (Å²) < 4.78 is 50.9. The fourth-order valence-corrected chi connectivity index (χ4v) is 1.75. The normalized spacial score (nSPS) is 10.1. The van der Waals surface area contributed by atoms with Gasteiger partial charge >= 0.3 is 0 Å². The zero-order valence-corrected chi connectivity index (χ0v) is 12.7. The summed E-state index contributed by atoms with van der Waals surface area (Å²) in [5.41, 5.74) is 2.26. The van der Waals surface area contributed by atoms with Crippen LogP contribution in [0.25, 0.3) is 0 Å². The summed E-state index contributed by atoms with van der Waals surface area (Å²) in [5.74, 6) is -2.14. The Kier molecular flexibility index (Phi) is 5.53. The Morgan fingerprint density at radius 2 is 0.952 bits per heavy atom. The van der Waals surface area contributed by atoms with Gasteiger partial charge in [-0.2, -0.15) is 0 Å². The minimum atomic E-state index is -0.729. The Morgan fingerprint density at radius 3 is 1.38 bits per heavy atom. The standard InChI is InChI=1S/C9H10F2.C8H8F2/c1-5-4-6(2)8(10)9(11)7(5)3;1-5-3-8(10)6(2)4-7(5)9/h4H,1-3H3;3-4H,1-2H3. The molecular formula is C17H18F4. The van der Waals surface area contributed by atoms with Crippen molar-refractivity contribution >= 4 is 0 Å². The number of halogens is 4. The molecule has 0 radical (unpaired) electrons. The van der Waals surface area contributed by atoms with Crippen molar-refractivity contribution in [1.29, 1.82) is 0 Å². The molecule has 0 bridgehead atoms. The van der Waals surface area contributed by atoms with Crippen LogP contribution < -0.4 is 0 Å². The van der Waals surface area contributed by atoms with E-state index in [1.807, 2.05) is 0 Å². The van der Waals surface area contributed by atoms with E-state index in [1.165, 1.54) is 26.0 Å². The Labute approximate surface area is 122 Å². The van der Waals surface area contributed by atoms with Gasteiger partial charge in [-0.1, -0.05) is 6.07 Å². The van der Waals surface area contributed by atoms with E-state index in [0.29, 0.717) is 22.3 Å². The predicted octanol–water partition coefficient (Wildman–Crippen LogP) is 5.47. The topological polar surface area (TPSA) is 0 Å². The first-order valence-electron chi connectivity index (χ1n) is 6.49. The number of hydrogen-bond donors (Lipinski definition) is 0. The van der Waals surface area contributed by atoms with Gasteiger partial charge in [0, 0.05) is 0 Å². The number of rotatable bonds is 0. The first kappa shape index (κ1) is 17.2. The molecule has 0 aliphatic rings. The van der Waals surface area contributed by atoms with Gasteiger partial charge in [-0.15, -0.1) is 0 Å². The van der Waals surface area contributed by atoms with Crippen LogP contribution in [-0.2, 0) is 0 Å². The maximum Gasteiger partial charge on any atom is 0.162 e. The van der Waals surface area contributed by atoms with Gasteiger partial charge in [0.15, 0.2) is 11.6 Å². The highest BCUT2D eigenvalue weighted by Gasteiger charge is 2.09. The summed E-state index contributed by atoms with van der Waals surface area (Å²) in [6.07, 6.45) is 0. The van der Waals surface area contributed by atoms with E-state index < -0.39 is 11.6 Å². The minimum Gasteiger partial charge on any atom is -0.207 e. The average molecular weight is 298 g/mol. The van der Waals surface area contributed by atoms with Gasteiger partial charge in [-0.3, -0.25) is 0 Å². The third-order valence-corrected chi connectivity index (χ3v) is 3.33. The van der Waals surface area contributed by atoms with E-state index in [2.05, 4.69) is 0 Å². The van der Waals surface area contributed by atoms with Crippen LogP contribution in [0, 0.1) is 57.9 Å². The van der Waals surface area contributed by atoms with Crippen LogP contribution in [0.15, 0.2) is 18.2 Å². The van der Waals surface area contributed by atoms with Gasteiger partial charge in [0.2, 0.25) is 0 Å². The molecule has 0 fully saturated rings. The lowest BCUT2D eigenvalue weighted by Crippen LogP contribution is -1.95.